The Morgan fingerprint density at radius 3 is 2.66 bits per heavy atom. The van der Waals surface area contributed by atoms with Crippen molar-refractivity contribution in [1.82, 2.24) is 20.1 Å². The molecule has 1 unspecified atom stereocenters. The van der Waals surface area contributed by atoms with Crippen molar-refractivity contribution in [2.45, 2.75) is 38.4 Å². The Balaban J connectivity index is 1.95. The van der Waals surface area contributed by atoms with E-state index in [1.165, 1.54) is 17.3 Å². The summed E-state index contributed by atoms with van der Waals surface area (Å²) in [5.74, 6) is 1.73. The average molecular weight is 411 g/mol. The molecule has 1 heterocycles. The Morgan fingerprint density at radius 1 is 1.21 bits per heavy atom. The summed E-state index contributed by atoms with van der Waals surface area (Å²) in [5.41, 5.74) is 3.02. The first kappa shape index (κ1) is 20.9. The number of nitrogens with zero attached hydrogens (tertiary/aromatic N) is 3. The third kappa shape index (κ3) is 5.17. The van der Waals surface area contributed by atoms with Crippen LogP contribution in [-0.2, 0) is 4.79 Å². The lowest BCUT2D eigenvalue weighted by atomic mass is 10.2. The third-order valence-corrected chi connectivity index (χ3v) is 5.53. The summed E-state index contributed by atoms with van der Waals surface area (Å²) in [4.78, 5) is 12.2. The first-order chi connectivity index (χ1) is 14.0. The number of ether oxygens (including phenoxy) is 1. The van der Waals surface area contributed by atoms with Crippen molar-refractivity contribution in [2.24, 2.45) is 0 Å². The molecule has 0 saturated heterocycles. The van der Waals surface area contributed by atoms with Crippen molar-refractivity contribution in [3.05, 3.63) is 54.1 Å². The van der Waals surface area contributed by atoms with E-state index >= 15 is 0 Å². The molecule has 1 amide bonds. The van der Waals surface area contributed by atoms with E-state index in [4.69, 9.17) is 4.74 Å². The maximum absolute atomic E-state index is 12.2. The molecular weight excluding hydrogens is 384 g/mol. The Labute approximate surface area is 175 Å². The Kier molecular flexibility index (Phi) is 6.93. The molecule has 3 rings (SSSR count). The van der Waals surface area contributed by atoms with Crippen LogP contribution in [0.4, 0.5) is 0 Å². The van der Waals surface area contributed by atoms with Crippen LogP contribution in [0.1, 0.15) is 25.8 Å². The van der Waals surface area contributed by atoms with E-state index < -0.39 is 0 Å². The van der Waals surface area contributed by atoms with Gasteiger partial charge in [0.05, 0.1) is 12.9 Å². The molecule has 0 aliphatic carbocycles. The third-order valence-electron chi connectivity index (χ3n) is 4.61. The van der Waals surface area contributed by atoms with Gasteiger partial charge in [0, 0.05) is 17.3 Å². The van der Waals surface area contributed by atoms with Crippen LogP contribution >= 0.6 is 11.8 Å². The quantitative estimate of drug-likeness (QED) is 0.562. The van der Waals surface area contributed by atoms with E-state index in [1.807, 2.05) is 61.7 Å². The van der Waals surface area contributed by atoms with Crippen LogP contribution in [0.3, 0.4) is 0 Å². The summed E-state index contributed by atoms with van der Waals surface area (Å²) in [5, 5.41) is 12.5. The number of nitrogens with one attached hydrogen (secondary N) is 1. The molecule has 1 atom stereocenters. The Morgan fingerprint density at radius 2 is 1.97 bits per heavy atom. The first-order valence-electron chi connectivity index (χ1n) is 9.60. The van der Waals surface area contributed by atoms with Gasteiger partial charge in [-0.25, -0.2) is 0 Å². The van der Waals surface area contributed by atoms with E-state index in [9.17, 15) is 4.79 Å². The molecule has 29 heavy (non-hydrogen) atoms. The van der Waals surface area contributed by atoms with Gasteiger partial charge in [-0.3, -0.25) is 9.36 Å². The van der Waals surface area contributed by atoms with Gasteiger partial charge in [-0.2, -0.15) is 0 Å². The fourth-order valence-electron chi connectivity index (χ4n) is 2.79. The van der Waals surface area contributed by atoms with Crippen LogP contribution in [0.2, 0.25) is 0 Å². The topological polar surface area (TPSA) is 69.0 Å². The molecule has 152 valence electrons. The zero-order chi connectivity index (χ0) is 20.8. The summed E-state index contributed by atoms with van der Waals surface area (Å²) >= 11 is 1.38. The van der Waals surface area contributed by atoms with Gasteiger partial charge in [-0.15, -0.1) is 10.2 Å². The molecule has 0 bridgehead atoms. The van der Waals surface area contributed by atoms with Gasteiger partial charge < -0.3 is 10.1 Å². The fourth-order valence-corrected chi connectivity index (χ4v) is 3.55. The van der Waals surface area contributed by atoms with Crippen LogP contribution in [0.25, 0.3) is 17.1 Å². The average Bonchev–Trinajstić information content (AvgIpc) is 3.16. The van der Waals surface area contributed by atoms with Crippen molar-refractivity contribution >= 4 is 17.7 Å². The Bertz CT molecular complexity index is 969. The lowest BCUT2D eigenvalue weighted by molar-refractivity contribution is -0.119. The number of carbonyl (C=O) groups is 1. The van der Waals surface area contributed by atoms with E-state index in [0.717, 1.165) is 23.4 Å². The number of hydrogen-bond donors (Lipinski definition) is 1. The lowest BCUT2D eigenvalue weighted by Gasteiger charge is -2.13. The minimum absolute atomic E-state index is 0.00858. The first-order valence-corrected chi connectivity index (χ1v) is 10.6. The monoisotopic (exact) mass is 410 g/mol. The molecule has 1 aromatic heterocycles. The number of methoxy groups -OCH3 is 1. The SMILES string of the molecule is CCC(C)NC(=O)CSc1nnc(-c2cccc(OC)c2)n1-c1ccc(C)cc1. The van der Waals surface area contributed by atoms with Crippen LogP contribution in [0.5, 0.6) is 5.75 Å². The highest BCUT2D eigenvalue weighted by Crippen LogP contribution is 2.29. The number of aromatic nitrogens is 3. The molecule has 0 saturated carbocycles. The van der Waals surface area contributed by atoms with Gasteiger partial charge in [0.1, 0.15) is 5.75 Å². The number of hydrogen-bond acceptors (Lipinski definition) is 5. The van der Waals surface area contributed by atoms with E-state index in [0.29, 0.717) is 11.0 Å². The standard InChI is InChI=1S/C22H26N4O2S/c1-5-16(3)23-20(27)14-29-22-25-24-21(17-7-6-8-19(13-17)28-4)26(22)18-11-9-15(2)10-12-18/h6-13,16H,5,14H2,1-4H3,(H,23,27). The molecule has 0 spiro atoms. The summed E-state index contributed by atoms with van der Waals surface area (Å²) in [7, 11) is 1.64. The maximum Gasteiger partial charge on any atom is 0.230 e. The second-order valence-electron chi connectivity index (χ2n) is 6.87. The largest absolute Gasteiger partial charge is 0.497 e. The molecule has 2 aromatic carbocycles. The molecule has 1 N–H and O–H groups in total. The number of benzene rings is 2. The summed E-state index contributed by atoms with van der Waals surface area (Å²) < 4.78 is 7.34. The fraction of sp³-hybridized carbons (Fsp3) is 0.318. The van der Waals surface area contributed by atoms with Gasteiger partial charge in [-0.1, -0.05) is 48.5 Å². The van der Waals surface area contributed by atoms with Crippen molar-refractivity contribution in [3.8, 4) is 22.8 Å². The number of aryl methyl sites for hydroxylation is 1. The highest BCUT2D eigenvalue weighted by atomic mass is 32.2. The summed E-state index contributed by atoms with van der Waals surface area (Å²) in [6.07, 6.45) is 0.899. The smallest absolute Gasteiger partial charge is 0.230 e. The van der Waals surface area contributed by atoms with E-state index in [1.54, 1.807) is 7.11 Å². The molecule has 0 fully saturated rings. The lowest BCUT2D eigenvalue weighted by Crippen LogP contribution is -2.33. The number of rotatable bonds is 8. The second kappa shape index (κ2) is 9.60. The number of thioether (sulfide) groups is 1. The van der Waals surface area contributed by atoms with Gasteiger partial charge >= 0.3 is 0 Å². The zero-order valence-electron chi connectivity index (χ0n) is 17.2. The minimum atomic E-state index is -0.00858. The maximum atomic E-state index is 12.2. The van der Waals surface area contributed by atoms with Gasteiger partial charge in [0.15, 0.2) is 11.0 Å². The van der Waals surface area contributed by atoms with Crippen LogP contribution in [-0.4, -0.2) is 39.6 Å². The van der Waals surface area contributed by atoms with Crippen LogP contribution in [0.15, 0.2) is 53.7 Å². The predicted molar refractivity (Wildman–Crippen MR) is 117 cm³/mol. The molecule has 7 heteroatoms. The van der Waals surface area contributed by atoms with Crippen molar-refractivity contribution < 1.29 is 9.53 Å². The molecule has 6 nitrogen and oxygen atoms in total. The predicted octanol–water partition coefficient (Wildman–Crippen LogP) is 4.26. The number of carbonyl (C=O) groups excluding carboxylic acids is 1. The van der Waals surface area contributed by atoms with Crippen LogP contribution < -0.4 is 10.1 Å². The van der Waals surface area contributed by atoms with Crippen molar-refractivity contribution in [2.75, 3.05) is 12.9 Å². The number of amides is 1. The van der Waals surface area contributed by atoms with Crippen LogP contribution in [0, 0.1) is 6.92 Å². The van der Waals surface area contributed by atoms with Crippen molar-refractivity contribution in [1.29, 1.82) is 0 Å². The molecule has 3 aromatic rings. The second-order valence-corrected chi connectivity index (χ2v) is 7.82. The van der Waals surface area contributed by atoms with E-state index in [2.05, 4.69) is 27.6 Å². The molecule has 0 aliphatic rings. The Hall–Kier alpha value is -2.80. The molecular formula is C22H26N4O2S. The minimum Gasteiger partial charge on any atom is -0.497 e. The van der Waals surface area contributed by atoms with Gasteiger partial charge in [0.2, 0.25) is 5.91 Å². The molecule has 0 radical (unpaired) electrons. The highest BCUT2D eigenvalue weighted by molar-refractivity contribution is 7.99. The summed E-state index contributed by atoms with van der Waals surface area (Å²) in [6.45, 7) is 6.10. The van der Waals surface area contributed by atoms with Crippen molar-refractivity contribution in [3.63, 3.8) is 0 Å². The summed E-state index contributed by atoms with van der Waals surface area (Å²) in [6, 6.07) is 16.0. The molecule has 0 aliphatic heterocycles. The highest BCUT2D eigenvalue weighted by Gasteiger charge is 2.18. The zero-order valence-corrected chi connectivity index (χ0v) is 18.0. The van der Waals surface area contributed by atoms with E-state index in [-0.39, 0.29) is 17.7 Å². The normalized spacial score (nSPS) is 11.9. The van der Waals surface area contributed by atoms with Gasteiger partial charge in [0.25, 0.3) is 0 Å². The van der Waals surface area contributed by atoms with Gasteiger partial charge in [-0.05, 0) is 44.5 Å².